The van der Waals surface area contributed by atoms with Crippen molar-refractivity contribution in [1.29, 1.82) is 0 Å². The minimum absolute atomic E-state index is 0.0496. The summed E-state index contributed by atoms with van der Waals surface area (Å²) in [5.41, 5.74) is 9.65. The Morgan fingerprint density at radius 1 is 1.00 bits per heavy atom. The van der Waals surface area contributed by atoms with E-state index in [9.17, 15) is 9.90 Å². The third kappa shape index (κ3) is 4.03. The summed E-state index contributed by atoms with van der Waals surface area (Å²) in [4.78, 5) is 25.2. The smallest absolute Gasteiger partial charge is 0.335 e. The number of nitrogen functional groups attached to an aromatic ring is 1. The van der Waals surface area contributed by atoms with E-state index < -0.39 is 0 Å². The molecule has 36 heavy (non-hydrogen) atoms. The SMILES string of the molecule is Nc1nc(Nc2ccc(N3CCOCC3)cc2)nc2c1n(-c1cccc(O)c1)c(=O)n2C1CCCC1. The van der Waals surface area contributed by atoms with Crippen LogP contribution in [0.3, 0.4) is 0 Å². The second kappa shape index (κ2) is 9.19. The average molecular weight is 488 g/mol. The molecular formula is C26H29N7O3. The number of imidazole rings is 1. The molecule has 10 nitrogen and oxygen atoms in total. The lowest BCUT2D eigenvalue weighted by molar-refractivity contribution is 0.122. The third-order valence-corrected chi connectivity index (χ3v) is 7.02. The van der Waals surface area contributed by atoms with Crippen molar-refractivity contribution in [3.63, 3.8) is 0 Å². The molecule has 0 unspecified atom stereocenters. The standard InChI is InChI=1S/C26H29N7O3/c27-23-22-24(30-25(29-23)28-17-8-10-18(11-9-17)31-12-14-36-15-13-31)33(19-4-1-2-5-19)26(35)32(22)20-6-3-7-21(34)16-20/h3,6-11,16,19,34H,1-2,4-5,12-15H2,(H3,27,28,29,30). The van der Waals surface area contributed by atoms with E-state index in [1.54, 1.807) is 28.8 Å². The maximum absolute atomic E-state index is 13.7. The Morgan fingerprint density at radius 3 is 2.47 bits per heavy atom. The molecule has 2 fully saturated rings. The Balaban J connectivity index is 1.40. The Hall–Kier alpha value is -4.05. The highest BCUT2D eigenvalue weighted by atomic mass is 16.5. The van der Waals surface area contributed by atoms with Crippen LogP contribution in [0.4, 0.5) is 23.1 Å². The Morgan fingerprint density at radius 2 is 1.75 bits per heavy atom. The quantitative estimate of drug-likeness (QED) is 0.390. The number of benzene rings is 2. The molecule has 2 aromatic carbocycles. The monoisotopic (exact) mass is 487 g/mol. The molecule has 6 rings (SSSR count). The first kappa shape index (κ1) is 22.4. The van der Waals surface area contributed by atoms with Gasteiger partial charge >= 0.3 is 5.69 Å². The van der Waals surface area contributed by atoms with Crippen LogP contribution >= 0.6 is 0 Å². The van der Waals surface area contributed by atoms with E-state index in [0.717, 1.165) is 63.4 Å². The second-order valence-electron chi connectivity index (χ2n) is 9.32. The van der Waals surface area contributed by atoms with Crippen LogP contribution in [0.25, 0.3) is 16.9 Å². The summed E-state index contributed by atoms with van der Waals surface area (Å²) in [7, 11) is 0. The summed E-state index contributed by atoms with van der Waals surface area (Å²) in [6, 6.07) is 14.7. The van der Waals surface area contributed by atoms with Gasteiger partial charge in [-0.25, -0.2) is 4.79 Å². The van der Waals surface area contributed by atoms with Crippen LogP contribution in [0, 0.1) is 0 Å². The lowest BCUT2D eigenvalue weighted by atomic mass is 10.2. The molecule has 2 aliphatic rings. The summed E-state index contributed by atoms with van der Waals surface area (Å²) in [5.74, 6) is 0.600. The fourth-order valence-corrected chi connectivity index (χ4v) is 5.26. The number of hydrogen-bond acceptors (Lipinski definition) is 8. The van der Waals surface area contributed by atoms with Crippen molar-refractivity contribution in [1.82, 2.24) is 19.1 Å². The molecule has 186 valence electrons. The molecule has 1 saturated carbocycles. The van der Waals surface area contributed by atoms with Gasteiger partial charge in [0.05, 0.1) is 18.9 Å². The van der Waals surface area contributed by atoms with Gasteiger partial charge in [0.1, 0.15) is 11.3 Å². The van der Waals surface area contributed by atoms with Crippen molar-refractivity contribution < 1.29 is 9.84 Å². The molecule has 4 aromatic rings. The molecular weight excluding hydrogens is 458 g/mol. The molecule has 2 aromatic heterocycles. The van der Waals surface area contributed by atoms with Gasteiger partial charge in [-0.3, -0.25) is 9.13 Å². The van der Waals surface area contributed by atoms with Gasteiger partial charge in [-0.15, -0.1) is 0 Å². The summed E-state index contributed by atoms with van der Waals surface area (Å²) >= 11 is 0. The predicted octanol–water partition coefficient (Wildman–Crippen LogP) is 3.57. The number of nitrogens with zero attached hydrogens (tertiary/aromatic N) is 5. The van der Waals surface area contributed by atoms with E-state index in [1.165, 1.54) is 4.57 Å². The number of phenols is 1. The van der Waals surface area contributed by atoms with Crippen LogP contribution in [-0.4, -0.2) is 50.5 Å². The van der Waals surface area contributed by atoms with Crippen molar-refractivity contribution in [3.8, 4) is 11.4 Å². The minimum atomic E-state index is -0.226. The molecule has 0 spiro atoms. The number of rotatable bonds is 5. The molecule has 0 bridgehead atoms. The average Bonchev–Trinajstić information content (AvgIpc) is 3.51. The number of ether oxygens (including phenoxy) is 1. The number of fused-ring (bicyclic) bond motifs is 1. The van der Waals surface area contributed by atoms with Gasteiger partial charge in [0.25, 0.3) is 0 Å². The zero-order valence-corrected chi connectivity index (χ0v) is 19.9. The van der Waals surface area contributed by atoms with E-state index in [-0.39, 0.29) is 23.3 Å². The Kier molecular flexibility index (Phi) is 5.73. The van der Waals surface area contributed by atoms with Crippen molar-refractivity contribution in [2.75, 3.05) is 42.3 Å². The number of anilines is 4. The fraction of sp³-hybridized carbons (Fsp3) is 0.346. The van der Waals surface area contributed by atoms with Crippen LogP contribution in [-0.2, 0) is 4.74 Å². The fourth-order valence-electron chi connectivity index (χ4n) is 5.26. The van der Waals surface area contributed by atoms with Crippen molar-refractivity contribution >= 4 is 34.3 Å². The highest BCUT2D eigenvalue weighted by Gasteiger charge is 2.27. The Bertz CT molecular complexity index is 1450. The van der Waals surface area contributed by atoms with Crippen molar-refractivity contribution in [3.05, 3.63) is 59.0 Å². The van der Waals surface area contributed by atoms with E-state index >= 15 is 0 Å². The number of aromatic nitrogens is 4. The molecule has 3 heterocycles. The van der Waals surface area contributed by atoms with E-state index in [0.29, 0.717) is 22.8 Å². The van der Waals surface area contributed by atoms with Gasteiger partial charge in [0, 0.05) is 36.6 Å². The molecule has 1 saturated heterocycles. The third-order valence-electron chi connectivity index (χ3n) is 7.02. The van der Waals surface area contributed by atoms with Crippen molar-refractivity contribution in [2.24, 2.45) is 0 Å². The van der Waals surface area contributed by atoms with E-state index in [4.69, 9.17) is 15.5 Å². The normalized spacial score (nSPS) is 16.6. The number of phenolic OH excluding ortho intramolecular Hbond substituents is 1. The first-order valence-electron chi connectivity index (χ1n) is 12.4. The van der Waals surface area contributed by atoms with Gasteiger partial charge in [-0.05, 0) is 49.2 Å². The number of hydrogen-bond donors (Lipinski definition) is 3. The maximum Gasteiger partial charge on any atom is 0.335 e. The molecule has 0 amide bonds. The van der Waals surface area contributed by atoms with Gasteiger partial charge in [0.15, 0.2) is 11.5 Å². The number of aromatic hydroxyl groups is 1. The number of nitrogens with two attached hydrogens (primary N) is 1. The number of nitrogens with one attached hydrogen (secondary N) is 1. The summed E-state index contributed by atoms with van der Waals surface area (Å²) in [5, 5.41) is 13.3. The van der Waals surface area contributed by atoms with Crippen LogP contribution < -0.4 is 21.6 Å². The Labute approximate surface area is 208 Å². The van der Waals surface area contributed by atoms with E-state index in [1.807, 2.05) is 12.1 Å². The van der Waals surface area contributed by atoms with Gasteiger partial charge < -0.3 is 25.8 Å². The van der Waals surface area contributed by atoms with E-state index in [2.05, 4.69) is 27.3 Å². The van der Waals surface area contributed by atoms with Gasteiger partial charge in [-0.1, -0.05) is 18.9 Å². The molecule has 4 N–H and O–H groups in total. The lowest BCUT2D eigenvalue weighted by Gasteiger charge is -2.28. The largest absolute Gasteiger partial charge is 0.508 e. The molecule has 0 radical (unpaired) electrons. The summed E-state index contributed by atoms with van der Waals surface area (Å²) in [6.07, 6.45) is 3.96. The minimum Gasteiger partial charge on any atom is -0.508 e. The predicted molar refractivity (Wildman–Crippen MR) is 139 cm³/mol. The van der Waals surface area contributed by atoms with Crippen LogP contribution in [0.1, 0.15) is 31.7 Å². The molecule has 10 heteroatoms. The van der Waals surface area contributed by atoms with Crippen LogP contribution in [0.15, 0.2) is 53.3 Å². The maximum atomic E-state index is 13.7. The molecule has 1 aliphatic carbocycles. The molecule has 0 atom stereocenters. The van der Waals surface area contributed by atoms with Crippen molar-refractivity contribution in [2.45, 2.75) is 31.7 Å². The highest BCUT2D eigenvalue weighted by Crippen LogP contribution is 2.33. The van der Waals surface area contributed by atoms with Gasteiger partial charge in [0.2, 0.25) is 5.95 Å². The summed E-state index contributed by atoms with van der Waals surface area (Å²) < 4.78 is 8.69. The molecule has 1 aliphatic heterocycles. The number of morpholine rings is 1. The lowest BCUT2D eigenvalue weighted by Crippen LogP contribution is -2.36. The second-order valence-corrected chi connectivity index (χ2v) is 9.32. The zero-order chi connectivity index (χ0) is 24.6. The van der Waals surface area contributed by atoms with Crippen LogP contribution in [0.2, 0.25) is 0 Å². The summed E-state index contributed by atoms with van der Waals surface area (Å²) in [6.45, 7) is 3.21. The highest BCUT2D eigenvalue weighted by molar-refractivity contribution is 5.86. The van der Waals surface area contributed by atoms with Gasteiger partial charge in [-0.2, -0.15) is 9.97 Å². The topological polar surface area (TPSA) is 123 Å². The van der Waals surface area contributed by atoms with Crippen LogP contribution in [0.5, 0.6) is 5.75 Å². The first-order valence-corrected chi connectivity index (χ1v) is 12.4. The first-order chi connectivity index (χ1) is 17.6. The zero-order valence-electron chi connectivity index (χ0n) is 19.9.